The number of anilines is 2. The molecule has 0 unspecified atom stereocenters. The molecule has 2 heterocycles. The van der Waals surface area contributed by atoms with E-state index in [4.69, 9.17) is 5.73 Å². The smallest absolute Gasteiger partial charge is 0.223 e. The Morgan fingerprint density at radius 1 is 1.36 bits per heavy atom. The molecule has 3 N–H and O–H groups in total. The Bertz CT molecular complexity index is 416. The van der Waals surface area contributed by atoms with Crippen LogP contribution in [-0.4, -0.2) is 35.9 Å². The number of hydrogen-bond acceptors (Lipinski definition) is 6. The predicted octanol–water partition coefficient (Wildman–Crippen LogP) is -0.732. The highest BCUT2D eigenvalue weighted by molar-refractivity contribution is 7.92. The summed E-state index contributed by atoms with van der Waals surface area (Å²) in [5, 5.41) is 2.90. The third-order valence-electron chi connectivity index (χ3n) is 1.92. The molecule has 1 saturated heterocycles. The average Bonchev–Trinajstić information content (AvgIpc) is 2.06. The van der Waals surface area contributed by atoms with E-state index < -0.39 is 9.84 Å². The van der Waals surface area contributed by atoms with Crippen LogP contribution in [0.3, 0.4) is 0 Å². The Labute approximate surface area is 81.5 Å². The maximum Gasteiger partial charge on any atom is 0.223 e. The molecule has 0 bridgehead atoms. The predicted molar refractivity (Wildman–Crippen MR) is 52.5 cm³/mol. The number of rotatable bonds is 2. The zero-order valence-electron chi connectivity index (χ0n) is 7.34. The minimum absolute atomic E-state index is 0.0661. The van der Waals surface area contributed by atoms with Gasteiger partial charge in [0, 0.05) is 0 Å². The van der Waals surface area contributed by atoms with Crippen LogP contribution in [0.15, 0.2) is 12.4 Å². The lowest BCUT2D eigenvalue weighted by atomic mass is 10.4. The van der Waals surface area contributed by atoms with E-state index in [1.165, 1.54) is 12.4 Å². The number of sulfone groups is 1. The van der Waals surface area contributed by atoms with Crippen molar-refractivity contribution >= 4 is 21.5 Å². The van der Waals surface area contributed by atoms with Gasteiger partial charge < -0.3 is 11.1 Å². The van der Waals surface area contributed by atoms with Crippen LogP contribution in [0.1, 0.15) is 0 Å². The highest BCUT2D eigenvalue weighted by Gasteiger charge is 2.33. The summed E-state index contributed by atoms with van der Waals surface area (Å²) >= 11 is 0. The quantitative estimate of drug-likeness (QED) is 0.673. The van der Waals surface area contributed by atoms with Crippen molar-refractivity contribution in [3.63, 3.8) is 0 Å². The molecule has 0 radical (unpaired) electrons. The Hall–Kier alpha value is -1.37. The van der Waals surface area contributed by atoms with E-state index in [-0.39, 0.29) is 17.5 Å². The maximum atomic E-state index is 10.8. The molecule has 1 aliphatic rings. The number of hydrogen-bond donors (Lipinski definition) is 2. The van der Waals surface area contributed by atoms with Crippen LogP contribution in [0.2, 0.25) is 0 Å². The van der Waals surface area contributed by atoms with Crippen LogP contribution >= 0.6 is 0 Å². The Morgan fingerprint density at radius 2 is 1.93 bits per heavy atom. The minimum Gasteiger partial charge on any atom is -0.396 e. The van der Waals surface area contributed by atoms with Crippen LogP contribution in [-0.2, 0) is 9.84 Å². The lowest BCUT2D eigenvalue weighted by Gasteiger charge is -2.26. The van der Waals surface area contributed by atoms with Crippen LogP contribution in [0.4, 0.5) is 11.6 Å². The Morgan fingerprint density at radius 3 is 2.43 bits per heavy atom. The van der Waals surface area contributed by atoms with Crippen LogP contribution in [0.25, 0.3) is 0 Å². The van der Waals surface area contributed by atoms with Gasteiger partial charge in [0.1, 0.15) is 0 Å². The van der Waals surface area contributed by atoms with E-state index in [1.54, 1.807) is 0 Å². The van der Waals surface area contributed by atoms with Crippen molar-refractivity contribution in [2.75, 3.05) is 22.6 Å². The summed E-state index contributed by atoms with van der Waals surface area (Å²) in [6.45, 7) is 0. The number of nitrogens with two attached hydrogens (primary N) is 1. The van der Waals surface area contributed by atoms with Crippen molar-refractivity contribution < 1.29 is 8.42 Å². The van der Waals surface area contributed by atoms with Crippen LogP contribution < -0.4 is 11.1 Å². The summed E-state index contributed by atoms with van der Waals surface area (Å²) < 4.78 is 21.7. The topological polar surface area (TPSA) is 98.0 Å². The van der Waals surface area contributed by atoms with E-state index in [0.29, 0.717) is 11.6 Å². The van der Waals surface area contributed by atoms with Gasteiger partial charge in [0.2, 0.25) is 5.95 Å². The highest BCUT2D eigenvalue weighted by atomic mass is 32.2. The zero-order chi connectivity index (χ0) is 10.2. The fourth-order valence-electron chi connectivity index (χ4n) is 1.24. The molecule has 14 heavy (non-hydrogen) atoms. The van der Waals surface area contributed by atoms with Crippen molar-refractivity contribution in [2.45, 2.75) is 6.04 Å². The first kappa shape index (κ1) is 9.20. The molecule has 76 valence electrons. The lowest BCUT2D eigenvalue weighted by Crippen LogP contribution is -2.46. The summed E-state index contributed by atoms with van der Waals surface area (Å²) in [5.41, 5.74) is 5.88. The molecular weight excluding hydrogens is 204 g/mol. The van der Waals surface area contributed by atoms with E-state index in [1.807, 2.05) is 0 Å². The molecule has 0 aliphatic carbocycles. The first-order valence-corrected chi connectivity index (χ1v) is 5.92. The van der Waals surface area contributed by atoms with Crippen molar-refractivity contribution in [3.05, 3.63) is 12.4 Å². The summed E-state index contributed by atoms with van der Waals surface area (Å²) in [4.78, 5) is 7.81. The first-order valence-electron chi connectivity index (χ1n) is 4.10. The van der Waals surface area contributed by atoms with Gasteiger partial charge in [-0.1, -0.05) is 0 Å². The molecule has 1 aliphatic heterocycles. The van der Waals surface area contributed by atoms with Crippen molar-refractivity contribution in [2.24, 2.45) is 0 Å². The molecule has 1 fully saturated rings. The highest BCUT2D eigenvalue weighted by Crippen LogP contribution is 2.14. The third-order valence-corrected chi connectivity index (χ3v) is 3.74. The zero-order valence-corrected chi connectivity index (χ0v) is 8.16. The van der Waals surface area contributed by atoms with Crippen molar-refractivity contribution in [3.8, 4) is 0 Å². The lowest BCUT2D eigenvalue weighted by molar-refractivity contribution is 0.570. The second-order valence-electron chi connectivity index (χ2n) is 3.26. The fourth-order valence-corrected chi connectivity index (χ4v) is 2.54. The van der Waals surface area contributed by atoms with Gasteiger partial charge in [0.05, 0.1) is 35.6 Å². The molecule has 1 aromatic rings. The molecule has 0 amide bonds. The average molecular weight is 214 g/mol. The van der Waals surface area contributed by atoms with E-state index in [9.17, 15) is 8.42 Å². The molecule has 6 nitrogen and oxygen atoms in total. The number of nitrogens with zero attached hydrogens (tertiary/aromatic N) is 2. The minimum atomic E-state index is -2.80. The molecule has 7 heteroatoms. The van der Waals surface area contributed by atoms with Gasteiger partial charge in [-0.2, -0.15) is 0 Å². The molecule has 0 atom stereocenters. The van der Waals surface area contributed by atoms with Crippen molar-refractivity contribution in [1.29, 1.82) is 0 Å². The van der Waals surface area contributed by atoms with Gasteiger partial charge in [0.25, 0.3) is 0 Å². The monoisotopic (exact) mass is 214 g/mol. The summed E-state index contributed by atoms with van der Waals surface area (Å²) in [6, 6.07) is -0.0661. The molecular formula is C7H10N4O2S. The normalized spacial score (nSPS) is 20.0. The maximum absolute atomic E-state index is 10.8. The Balaban J connectivity index is 1.97. The van der Waals surface area contributed by atoms with Gasteiger partial charge in [0.15, 0.2) is 9.84 Å². The largest absolute Gasteiger partial charge is 0.396 e. The van der Waals surface area contributed by atoms with Gasteiger partial charge in [-0.3, -0.25) is 0 Å². The molecule has 0 aromatic carbocycles. The van der Waals surface area contributed by atoms with E-state index >= 15 is 0 Å². The molecule has 1 aromatic heterocycles. The van der Waals surface area contributed by atoms with E-state index in [2.05, 4.69) is 15.3 Å². The van der Waals surface area contributed by atoms with E-state index in [0.717, 1.165) is 0 Å². The summed E-state index contributed by atoms with van der Waals surface area (Å²) in [6.07, 6.45) is 2.95. The van der Waals surface area contributed by atoms with Crippen LogP contribution in [0, 0.1) is 0 Å². The summed E-state index contributed by atoms with van der Waals surface area (Å²) in [7, 11) is -2.80. The standard InChI is InChI=1S/C7H10N4O2S/c8-5-1-9-7(10-2-5)11-6-3-14(12,13)4-6/h1-2,6H,3-4,8H2,(H,9,10,11). The number of nitrogen functional groups attached to an aromatic ring is 1. The summed E-state index contributed by atoms with van der Waals surface area (Å²) in [5.74, 6) is 0.723. The van der Waals surface area contributed by atoms with Crippen molar-refractivity contribution in [1.82, 2.24) is 9.97 Å². The first-order chi connectivity index (χ1) is 6.55. The molecule has 0 saturated carbocycles. The van der Waals surface area contributed by atoms with Gasteiger partial charge in [-0.05, 0) is 0 Å². The van der Waals surface area contributed by atoms with Gasteiger partial charge in [-0.25, -0.2) is 18.4 Å². The Kier molecular flexibility index (Phi) is 2.03. The molecule has 2 rings (SSSR count). The number of nitrogens with one attached hydrogen (secondary N) is 1. The SMILES string of the molecule is Nc1cnc(NC2CS(=O)(=O)C2)nc1. The number of aromatic nitrogens is 2. The second-order valence-corrected chi connectivity index (χ2v) is 5.41. The molecule has 0 spiro atoms. The fraction of sp³-hybridized carbons (Fsp3) is 0.429. The van der Waals surface area contributed by atoms with Crippen LogP contribution in [0.5, 0.6) is 0 Å². The second kappa shape index (κ2) is 3.09. The third kappa shape index (κ3) is 1.92. The van der Waals surface area contributed by atoms with Gasteiger partial charge >= 0.3 is 0 Å². The van der Waals surface area contributed by atoms with Gasteiger partial charge in [-0.15, -0.1) is 0 Å².